The molecular formula is C47H37NO. The van der Waals surface area contributed by atoms with E-state index < -0.39 is 0 Å². The first kappa shape index (κ1) is 29.3. The lowest BCUT2D eigenvalue weighted by atomic mass is 9.74. The van der Waals surface area contributed by atoms with E-state index in [9.17, 15) is 0 Å². The molecule has 8 aromatic rings. The molecule has 0 saturated heterocycles. The summed E-state index contributed by atoms with van der Waals surface area (Å²) in [5, 5.41) is 2.29. The van der Waals surface area contributed by atoms with Gasteiger partial charge in [-0.1, -0.05) is 135 Å². The van der Waals surface area contributed by atoms with Crippen molar-refractivity contribution in [3.63, 3.8) is 0 Å². The molecular weight excluding hydrogens is 595 g/mol. The monoisotopic (exact) mass is 631 g/mol. The van der Waals surface area contributed by atoms with E-state index in [-0.39, 0.29) is 5.41 Å². The quantitative estimate of drug-likeness (QED) is 0.174. The fourth-order valence-electron chi connectivity index (χ4n) is 8.24. The molecule has 0 amide bonds. The van der Waals surface area contributed by atoms with Crippen LogP contribution in [0.4, 0.5) is 17.1 Å². The molecule has 0 unspecified atom stereocenters. The van der Waals surface area contributed by atoms with E-state index in [1.807, 2.05) is 12.1 Å². The van der Waals surface area contributed by atoms with E-state index in [1.54, 1.807) is 0 Å². The molecule has 1 aromatic heterocycles. The highest BCUT2D eigenvalue weighted by Gasteiger charge is 2.40. The van der Waals surface area contributed by atoms with E-state index in [0.29, 0.717) is 0 Å². The first-order chi connectivity index (χ1) is 24.2. The van der Waals surface area contributed by atoms with Crippen molar-refractivity contribution in [2.24, 2.45) is 0 Å². The van der Waals surface area contributed by atoms with E-state index in [1.165, 1.54) is 33.4 Å². The lowest BCUT2D eigenvalue weighted by molar-refractivity contribution is 0.490. The van der Waals surface area contributed by atoms with E-state index in [4.69, 9.17) is 4.42 Å². The van der Waals surface area contributed by atoms with Gasteiger partial charge in [-0.3, -0.25) is 0 Å². The van der Waals surface area contributed by atoms with Gasteiger partial charge in [-0.2, -0.15) is 0 Å². The second-order valence-corrected chi connectivity index (χ2v) is 13.1. The predicted octanol–water partition coefficient (Wildman–Crippen LogP) is 13.5. The Balaban J connectivity index is 1.17. The van der Waals surface area contributed by atoms with Crippen LogP contribution in [0.5, 0.6) is 0 Å². The Morgan fingerprint density at radius 1 is 0.449 bits per heavy atom. The van der Waals surface area contributed by atoms with Crippen LogP contribution in [0, 0.1) is 0 Å². The molecule has 236 valence electrons. The molecule has 49 heavy (non-hydrogen) atoms. The normalized spacial score (nSPS) is 13.0. The summed E-state index contributed by atoms with van der Waals surface area (Å²) >= 11 is 0. The second-order valence-electron chi connectivity index (χ2n) is 13.1. The van der Waals surface area contributed by atoms with Crippen LogP contribution < -0.4 is 4.90 Å². The number of nitrogens with zero attached hydrogens (tertiary/aromatic N) is 1. The highest BCUT2D eigenvalue weighted by molar-refractivity contribution is 6.09. The van der Waals surface area contributed by atoms with Gasteiger partial charge in [-0.05, 0) is 94.3 Å². The van der Waals surface area contributed by atoms with Crippen LogP contribution in [0.25, 0.3) is 55.3 Å². The molecule has 0 radical (unpaired) electrons. The summed E-state index contributed by atoms with van der Waals surface area (Å²) in [7, 11) is 0. The van der Waals surface area contributed by atoms with Crippen molar-refractivity contribution in [3.8, 4) is 33.4 Å². The number of anilines is 3. The number of benzene rings is 7. The van der Waals surface area contributed by atoms with Gasteiger partial charge in [0.15, 0.2) is 0 Å². The molecule has 0 N–H and O–H groups in total. The highest BCUT2D eigenvalue weighted by Crippen LogP contribution is 2.54. The minimum atomic E-state index is -0.000103. The number of fused-ring (bicyclic) bond motifs is 6. The van der Waals surface area contributed by atoms with Crippen molar-refractivity contribution in [1.29, 1.82) is 0 Å². The van der Waals surface area contributed by atoms with Crippen LogP contribution in [-0.2, 0) is 5.41 Å². The number of para-hydroxylation sites is 2. The molecule has 1 heterocycles. The van der Waals surface area contributed by atoms with Gasteiger partial charge in [0.05, 0.1) is 0 Å². The third-order valence-corrected chi connectivity index (χ3v) is 10.8. The predicted molar refractivity (Wildman–Crippen MR) is 206 cm³/mol. The summed E-state index contributed by atoms with van der Waals surface area (Å²) in [6.45, 7) is 4.67. The third-order valence-electron chi connectivity index (χ3n) is 10.8. The van der Waals surface area contributed by atoms with Crippen molar-refractivity contribution in [2.75, 3.05) is 4.90 Å². The summed E-state index contributed by atoms with van der Waals surface area (Å²) in [4.78, 5) is 2.40. The Kier molecular flexibility index (Phi) is 6.98. The molecule has 9 rings (SSSR count). The highest BCUT2D eigenvalue weighted by atomic mass is 16.3. The summed E-state index contributed by atoms with van der Waals surface area (Å²) in [6.07, 6.45) is 2.12. The van der Waals surface area contributed by atoms with Gasteiger partial charge in [-0.25, -0.2) is 0 Å². The maximum atomic E-state index is 6.40. The van der Waals surface area contributed by atoms with E-state index >= 15 is 0 Å². The Labute approximate surface area is 287 Å². The Bertz CT molecular complexity index is 2450. The van der Waals surface area contributed by atoms with Gasteiger partial charge >= 0.3 is 0 Å². The molecule has 0 bridgehead atoms. The van der Waals surface area contributed by atoms with Crippen LogP contribution in [-0.4, -0.2) is 0 Å². The first-order valence-electron chi connectivity index (χ1n) is 17.4. The molecule has 0 spiro atoms. The molecule has 2 nitrogen and oxygen atoms in total. The SMILES string of the molecule is CCC1(CC)c2ccccc2-c2ccc(N(c3ccc(-c4ccccc4)cc3)c3ccc(-c4cccc5c4oc4ccccc45)cc3)cc21. The summed E-state index contributed by atoms with van der Waals surface area (Å²) in [6, 6.07) is 59.3. The Morgan fingerprint density at radius 3 is 1.78 bits per heavy atom. The van der Waals surface area contributed by atoms with Crippen molar-refractivity contribution in [3.05, 3.63) is 175 Å². The minimum Gasteiger partial charge on any atom is -0.455 e. The zero-order valence-electron chi connectivity index (χ0n) is 27.9. The van der Waals surface area contributed by atoms with Crippen LogP contribution in [0.3, 0.4) is 0 Å². The fraction of sp³-hybridized carbons (Fsp3) is 0.106. The summed E-state index contributed by atoms with van der Waals surface area (Å²) < 4.78 is 6.40. The van der Waals surface area contributed by atoms with Crippen LogP contribution in [0.1, 0.15) is 37.8 Å². The maximum absolute atomic E-state index is 6.40. The zero-order chi connectivity index (χ0) is 33.0. The standard InChI is InChI=1S/C47H37NO/c1-3-47(4-2)43-19-10-8-15-39(43)40-30-29-37(31-44(40)47)48(35-25-21-33(22-26-35)32-13-6-5-7-14-32)36-27-23-34(24-28-36)38-17-12-18-42-41-16-9-11-20-45(41)49-46(38)42/h5-31H,3-4H2,1-2H3. The van der Waals surface area contributed by atoms with Gasteiger partial charge < -0.3 is 9.32 Å². The average Bonchev–Trinajstić information content (AvgIpc) is 3.69. The van der Waals surface area contributed by atoms with Gasteiger partial charge in [0.1, 0.15) is 11.2 Å². The number of furan rings is 1. The van der Waals surface area contributed by atoms with Gasteiger partial charge in [0.2, 0.25) is 0 Å². The molecule has 0 fully saturated rings. The van der Waals surface area contributed by atoms with Crippen LogP contribution in [0.2, 0.25) is 0 Å². The maximum Gasteiger partial charge on any atom is 0.143 e. The second kappa shape index (κ2) is 11.7. The van der Waals surface area contributed by atoms with E-state index in [2.05, 4.69) is 170 Å². The summed E-state index contributed by atoms with van der Waals surface area (Å²) in [5.74, 6) is 0. The molecule has 7 aromatic carbocycles. The lowest BCUT2D eigenvalue weighted by Crippen LogP contribution is -2.23. The van der Waals surface area contributed by atoms with Crippen molar-refractivity contribution < 1.29 is 4.42 Å². The summed E-state index contributed by atoms with van der Waals surface area (Å²) in [5.41, 5.74) is 15.5. The third kappa shape index (κ3) is 4.63. The van der Waals surface area contributed by atoms with Crippen molar-refractivity contribution in [1.82, 2.24) is 0 Å². The molecule has 1 aliphatic rings. The van der Waals surface area contributed by atoms with Crippen LogP contribution >= 0.6 is 0 Å². The number of hydrogen-bond donors (Lipinski definition) is 0. The first-order valence-corrected chi connectivity index (χ1v) is 17.4. The molecule has 2 heteroatoms. The molecule has 0 saturated carbocycles. The van der Waals surface area contributed by atoms with Gasteiger partial charge in [0.25, 0.3) is 0 Å². The Hall–Kier alpha value is -5.86. The van der Waals surface area contributed by atoms with Gasteiger partial charge in [0, 0.05) is 38.8 Å². The molecule has 0 aliphatic heterocycles. The molecule has 0 atom stereocenters. The zero-order valence-corrected chi connectivity index (χ0v) is 27.9. The van der Waals surface area contributed by atoms with Crippen molar-refractivity contribution in [2.45, 2.75) is 32.1 Å². The van der Waals surface area contributed by atoms with E-state index in [0.717, 1.165) is 63.0 Å². The topological polar surface area (TPSA) is 16.4 Å². The van der Waals surface area contributed by atoms with Crippen LogP contribution in [0.15, 0.2) is 168 Å². The largest absolute Gasteiger partial charge is 0.455 e. The minimum absolute atomic E-state index is 0.000103. The number of hydrogen-bond acceptors (Lipinski definition) is 2. The average molecular weight is 632 g/mol. The fourth-order valence-corrected chi connectivity index (χ4v) is 8.24. The number of rotatable bonds is 7. The van der Waals surface area contributed by atoms with Gasteiger partial charge in [-0.15, -0.1) is 0 Å². The van der Waals surface area contributed by atoms with Crippen molar-refractivity contribution >= 4 is 39.0 Å². The smallest absolute Gasteiger partial charge is 0.143 e. The molecule has 1 aliphatic carbocycles. The lowest BCUT2D eigenvalue weighted by Gasteiger charge is -2.31. The Morgan fingerprint density at radius 2 is 1.02 bits per heavy atom.